The molecule has 0 unspecified atom stereocenters. The first-order valence-electron chi connectivity index (χ1n) is 7.52. The van der Waals surface area contributed by atoms with E-state index in [9.17, 15) is 4.79 Å². The van der Waals surface area contributed by atoms with Crippen LogP contribution in [0.2, 0.25) is 0 Å². The molecule has 0 radical (unpaired) electrons. The monoisotopic (exact) mass is 309 g/mol. The lowest BCUT2D eigenvalue weighted by molar-refractivity contribution is 0.0775. The first kappa shape index (κ1) is 15.1. The minimum atomic E-state index is -0.0487. The van der Waals surface area contributed by atoms with Gasteiger partial charge in [-0.15, -0.1) is 0 Å². The molecule has 0 aliphatic carbocycles. The highest BCUT2D eigenvalue weighted by molar-refractivity contribution is 6.05. The molecule has 1 heterocycles. The van der Waals surface area contributed by atoms with Gasteiger partial charge in [0.25, 0.3) is 5.91 Å². The van der Waals surface area contributed by atoms with E-state index in [-0.39, 0.29) is 5.91 Å². The molecule has 0 bridgehead atoms. The highest BCUT2D eigenvalue weighted by atomic mass is 16.5. The van der Waals surface area contributed by atoms with Gasteiger partial charge in [-0.25, -0.2) is 0 Å². The molecule has 118 valence electrons. The molecule has 0 atom stereocenters. The van der Waals surface area contributed by atoms with Crippen LogP contribution in [0.25, 0.3) is 10.9 Å². The van der Waals surface area contributed by atoms with Crippen LogP contribution in [0.15, 0.2) is 48.7 Å². The van der Waals surface area contributed by atoms with E-state index in [0.29, 0.717) is 18.7 Å². The predicted molar refractivity (Wildman–Crippen MR) is 89.7 cm³/mol. The van der Waals surface area contributed by atoms with Gasteiger partial charge in [0.2, 0.25) is 0 Å². The molecule has 3 aromatic rings. The number of ether oxygens (including phenoxy) is 1. The molecule has 5 nitrogen and oxygen atoms in total. The quantitative estimate of drug-likeness (QED) is 0.788. The third-order valence-electron chi connectivity index (χ3n) is 3.77. The van der Waals surface area contributed by atoms with Crippen molar-refractivity contribution in [2.24, 2.45) is 0 Å². The van der Waals surface area contributed by atoms with Crippen molar-refractivity contribution in [3.8, 4) is 5.75 Å². The van der Waals surface area contributed by atoms with Gasteiger partial charge in [-0.2, -0.15) is 5.10 Å². The summed E-state index contributed by atoms with van der Waals surface area (Å²) in [4.78, 5) is 14.2. The number of fused-ring (bicyclic) bond motifs is 1. The standard InChI is InChI=1S/C18H19N3O2/c1-13-6-8-15(9-7-13)23-11-10-21(2)18(22)16-5-3-4-14-12-19-20-17(14)16/h3-9,12H,10-11H2,1-2H3,(H,19,20). The molecular formula is C18H19N3O2. The largest absolute Gasteiger partial charge is 0.492 e. The van der Waals surface area contributed by atoms with Crippen LogP contribution >= 0.6 is 0 Å². The van der Waals surface area contributed by atoms with Crippen molar-refractivity contribution in [2.45, 2.75) is 6.92 Å². The zero-order chi connectivity index (χ0) is 16.2. The van der Waals surface area contributed by atoms with Crippen LogP contribution in [0.4, 0.5) is 0 Å². The fourth-order valence-corrected chi connectivity index (χ4v) is 2.39. The van der Waals surface area contributed by atoms with Gasteiger partial charge in [-0.1, -0.05) is 29.8 Å². The van der Waals surface area contributed by atoms with Crippen molar-refractivity contribution >= 4 is 16.8 Å². The SMILES string of the molecule is Cc1ccc(OCCN(C)C(=O)c2cccc3cn[nH]c23)cc1. The summed E-state index contributed by atoms with van der Waals surface area (Å²) in [7, 11) is 1.77. The molecule has 23 heavy (non-hydrogen) atoms. The summed E-state index contributed by atoms with van der Waals surface area (Å²) in [6, 6.07) is 13.5. The van der Waals surface area contributed by atoms with E-state index in [1.807, 2.05) is 43.3 Å². The van der Waals surface area contributed by atoms with Gasteiger partial charge in [0.15, 0.2) is 0 Å². The van der Waals surface area contributed by atoms with Crippen molar-refractivity contribution in [3.63, 3.8) is 0 Å². The van der Waals surface area contributed by atoms with Crippen LogP contribution in [0.1, 0.15) is 15.9 Å². The first-order valence-corrected chi connectivity index (χ1v) is 7.52. The number of aromatic amines is 1. The number of carbonyl (C=O) groups is 1. The number of hydrogen-bond donors (Lipinski definition) is 1. The number of H-pyrrole nitrogens is 1. The van der Waals surface area contributed by atoms with Gasteiger partial charge < -0.3 is 9.64 Å². The summed E-state index contributed by atoms with van der Waals surface area (Å²) in [5.74, 6) is 0.763. The maximum atomic E-state index is 12.6. The molecule has 3 rings (SSSR count). The second kappa shape index (κ2) is 6.52. The number of rotatable bonds is 5. The fraction of sp³-hybridized carbons (Fsp3) is 0.222. The molecule has 5 heteroatoms. The van der Waals surface area contributed by atoms with E-state index < -0.39 is 0 Å². The second-order valence-electron chi connectivity index (χ2n) is 5.53. The molecule has 0 saturated carbocycles. The van der Waals surface area contributed by atoms with Crippen molar-refractivity contribution in [3.05, 3.63) is 59.8 Å². The average Bonchev–Trinajstić information content (AvgIpc) is 3.04. The van der Waals surface area contributed by atoms with E-state index in [1.165, 1.54) is 5.56 Å². The van der Waals surface area contributed by atoms with Crippen LogP contribution in [0.5, 0.6) is 5.75 Å². The Morgan fingerprint density at radius 3 is 2.78 bits per heavy atom. The number of aryl methyl sites for hydroxylation is 1. The number of carbonyl (C=O) groups excluding carboxylic acids is 1. The molecular weight excluding hydrogens is 290 g/mol. The number of amides is 1. The smallest absolute Gasteiger partial charge is 0.255 e. The molecule has 0 fully saturated rings. The third-order valence-corrected chi connectivity index (χ3v) is 3.77. The predicted octanol–water partition coefficient (Wildman–Crippen LogP) is 3.02. The summed E-state index contributed by atoms with van der Waals surface area (Å²) in [6.45, 7) is 2.99. The van der Waals surface area contributed by atoms with E-state index in [1.54, 1.807) is 24.2 Å². The Labute approximate surface area is 134 Å². The maximum absolute atomic E-state index is 12.6. The normalized spacial score (nSPS) is 10.7. The van der Waals surface area contributed by atoms with E-state index in [2.05, 4.69) is 10.2 Å². The number of hydrogen-bond acceptors (Lipinski definition) is 3. The van der Waals surface area contributed by atoms with Gasteiger partial charge in [-0.05, 0) is 25.1 Å². The van der Waals surface area contributed by atoms with Crippen LogP contribution in [-0.4, -0.2) is 41.2 Å². The van der Waals surface area contributed by atoms with Gasteiger partial charge in [0.05, 0.1) is 23.8 Å². The van der Waals surface area contributed by atoms with Crippen LogP contribution in [0, 0.1) is 6.92 Å². The Kier molecular flexibility index (Phi) is 4.28. The highest BCUT2D eigenvalue weighted by Crippen LogP contribution is 2.17. The minimum absolute atomic E-state index is 0.0487. The van der Waals surface area contributed by atoms with E-state index in [4.69, 9.17) is 4.74 Å². The summed E-state index contributed by atoms with van der Waals surface area (Å²) in [6.07, 6.45) is 1.71. The molecule has 0 aliphatic rings. The molecule has 2 aromatic carbocycles. The lowest BCUT2D eigenvalue weighted by Crippen LogP contribution is -2.31. The van der Waals surface area contributed by atoms with Crippen LogP contribution in [0.3, 0.4) is 0 Å². The van der Waals surface area contributed by atoms with Crippen LogP contribution < -0.4 is 4.74 Å². The Morgan fingerprint density at radius 2 is 2.00 bits per heavy atom. The zero-order valence-electron chi connectivity index (χ0n) is 13.2. The topological polar surface area (TPSA) is 58.2 Å². The number of likely N-dealkylation sites (N-methyl/N-ethyl adjacent to an activating group) is 1. The van der Waals surface area contributed by atoms with Crippen molar-refractivity contribution < 1.29 is 9.53 Å². The molecule has 1 amide bonds. The van der Waals surface area contributed by atoms with Crippen molar-refractivity contribution in [2.75, 3.05) is 20.2 Å². The molecule has 1 N–H and O–H groups in total. The minimum Gasteiger partial charge on any atom is -0.492 e. The highest BCUT2D eigenvalue weighted by Gasteiger charge is 2.15. The summed E-state index contributed by atoms with van der Waals surface area (Å²) in [5.41, 5.74) is 2.58. The van der Waals surface area contributed by atoms with Crippen molar-refractivity contribution in [1.82, 2.24) is 15.1 Å². The summed E-state index contributed by atoms with van der Waals surface area (Å²) < 4.78 is 5.68. The van der Waals surface area contributed by atoms with Gasteiger partial charge in [0.1, 0.15) is 12.4 Å². The maximum Gasteiger partial charge on any atom is 0.255 e. The molecule has 0 spiro atoms. The molecule has 0 aliphatic heterocycles. The third kappa shape index (κ3) is 3.34. The Balaban J connectivity index is 1.61. The zero-order valence-corrected chi connectivity index (χ0v) is 13.2. The van der Waals surface area contributed by atoms with Gasteiger partial charge >= 0.3 is 0 Å². The first-order chi connectivity index (χ1) is 11.1. The molecule has 1 aromatic heterocycles. The number of para-hydroxylation sites is 1. The Morgan fingerprint density at radius 1 is 1.22 bits per heavy atom. The summed E-state index contributed by atoms with van der Waals surface area (Å²) >= 11 is 0. The number of nitrogens with zero attached hydrogens (tertiary/aromatic N) is 2. The number of aromatic nitrogens is 2. The number of benzene rings is 2. The second-order valence-corrected chi connectivity index (χ2v) is 5.53. The van der Waals surface area contributed by atoms with Gasteiger partial charge in [-0.3, -0.25) is 9.89 Å². The lowest BCUT2D eigenvalue weighted by atomic mass is 10.1. The van der Waals surface area contributed by atoms with E-state index >= 15 is 0 Å². The average molecular weight is 309 g/mol. The van der Waals surface area contributed by atoms with Gasteiger partial charge in [0, 0.05) is 12.4 Å². The van der Waals surface area contributed by atoms with Crippen molar-refractivity contribution in [1.29, 1.82) is 0 Å². The van der Waals surface area contributed by atoms with E-state index in [0.717, 1.165) is 16.7 Å². The number of nitrogens with one attached hydrogen (secondary N) is 1. The fourth-order valence-electron chi connectivity index (χ4n) is 2.39. The summed E-state index contributed by atoms with van der Waals surface area (Å²) in [5, 5.41) is 7.81. The Hall–Kier alpha value is -2.82. The lowest BCUT2D eigenvalue weighted by Gasteiger charge is -2.18. The van der Waals surface area contributed by atoms with Crippen LogP contribution in [-0.2, 0) is 0 Å². The molecule has 0 saturated heterocycles. The Bertz CT molecular complexity index is 809.